The Kier molecular flexibility index (Phi) is 4.20. The summed E-state index contributed by atoms with van der Waals surface area (Å²) in [7, 11) is 0. The zero-order chi connectivity index (χ0) is 12.8. The van der Waals surface area contributed by atoms with E-state index in [9.17, 15) is 0 Å². The first-order chi connectivity index (χ1) is 8.78. The molecule has 0 aliphatic carbocycles. The van der Waals surface area contributed by atoms with Gasteiger partial charge in [-0.3, -0.25) is 0 Å². The maximum Gasteiger partial charge on any atom is 0.127 e. The fraction of sp³-hybridized carbons (Fsp3) is 0.200. The predicted molar refractivity (Wildman–Crippen MR) is 70.1 cm³/mol. The van der Waals surface area contributed by atoms with Crippen molar-refractivity contribution in [1.29, 1.82) is 0 Å². The summed E-state index contributed by atoms with van der Waals surface area (Å²) >= 11 is 0. The van der Waals surface area contributed by atoms with Crippen molar-refractivity contribution in [2.24, 2.45) is 0 Å². The lowest BCUT2D eigenvalue weighted by Crippen LogP contribution is -2.15. The first kappa shape index (κ1) is 12.5. The first-order valence-electron chi connectivity index (χ1n) is 5.88. The zero-order valence-corrected chi connectivity index (χ0v) is 10.2. The summed E-state index contributed by atoms with van der Waals surface area (Å²) in [5.74, 6) is 2.28. The Hall–Kier alpha value is -2.00. The lowest BCUT2D eigenvalue weighted by molar-refractivity contribution is 0.129. The molecule has 18 heavy (non-hydrogen) atoms. The van der Waals surface area contributed by atoms with E-state index in [0.717, 1.165) is 17.2 Å². The summed E-state index contributed by atoms with van der Waals surface area (Å²) in [5.41, 5.74) is 0. The molecule has 0 heterocycles. The Balaban J connectivity index is 2.00. The number of ether oxygens (including phenoxy) is 2. The van der Waals surface area contributed by atoms with E-state index in [1.54, 1.807) is 0 Å². The molecule has 1 atom stereocenters. The van der Waals surface area contributed by atoms with Gasteiger partial charge in [0, 0.05) is 0 Å². The van der Waals surface area contributed by atoms with Crippen molar-refractivity contribution in [2.75, 3.05) is 6.61 Å². The molecule has 0 saturated heterocycles. The highest BCUT2D eigenvalue weighted by molar-refractivity contribution is 5.35. The molecule has 0 fully saturated rings. The van der Waals surface area contributed by atoms with Crippen LogP contribution in [-0.4, -0.2) is 17.8 Å². The summed E-state index contributed by atoms with van der Waals surface area (Å²) in [6.45, 7) is 1.82. The Bertz CT molecular complexity index is 465. The summed E-state index contributed by atoms with van der Waals surface area (Å²) in [5, 5.41) is 8.90. The van der Waals surface area contributed by atoms with Gasteiger partial charge in [0.2, 0.25) is 0 Å². The van der Waals surface area contributed by atoms with Crippen molar-refractivity contribution in [1.82, 2.24) is 0 Å². The molecule has 3 heteroatoms. The Labute approximate surface area is 107 Å². The van der Waals surface area contributed by atoms with Crippen LogP contribution in [0.4, 0.5) is 0 Å². The second-order valence-electron chi connectivity index (χ2n) is 4.00. The lowest BCUT2D eigenvalue weighted by Gasteiger charge is -2.12. The normalized spacial score (nSPS) is 11.9. The Morgan fingerprint density at radius 2 is 1.44 bits per heavy atom. The standard InChI is InChI=1S/C15H16O3/c1-12(11-16)17-14-7-9-15(10-8-14)18-13-5-3-2-4-6-13/h2-10,12,16H,11H2,1H3/t12-/m1/s1. The highest BCUT2D eigenvalue weighted by atomic mass is 16.5. The van der Waals surface area contributed by atoms with Crippen LogP contribution in [-0.2, 0) is 0 Å². The van der Waals surface area contributed by atoms with Gasteiger partial charge in [0.05, 0.1) is 6.61 Å². The van der Waals surface area contributed by atoms with Gasteiger partial charge in [-0.05, 0) is 43.3 Å². The summed E-state index contributed by atoms with van der Waals surface area (Å²) in [6.07, 6.45) is -0.203. The number of hydrogen-bond acceptors (Lipinski definition) is 3. The van der Waals surface area contributed by atoms with Crippen LogP contribution < -0.4 is 9.47 Å². The molecule has 0 spiro atoms. The minimum absolute atomic E-state index is 0.00225. The van der Waals surface area contributed by atoms with E-state index >= 15 is 0 Å². The highest BCUT2D eigenvalue weighted by Crippen LogP contribution is 2.23. The van der Waals surface area contributed by atoms with Gasteiger partial charge in [-0.15, -0.1) is 0 Å². The molecule has 0 aliphatic heterocycles. The van der Waals surface area contributed by atoms with Crippen LogP contribution >= 0.6 is 0 Å². The average Bonchev–Trinajstić information content (AvgIpc) is 2.42. The Morgan fingerprint density at radius 1 is 0.889 bits per heavy atom. The van der Waals surface area contributed by atoms with Crippen LogP contribution in [0.25, 0.3) is 0 Å². The molecule has 0 amide bonds. The molecule has 0 radical (unpaired) electrons. The summed E-state index contributed by atoms with van der Waals surface area (Å²) in [4.78, 5) is 0. The fourth-order valence-corrected chi connectivity index (χ4v) is 1.48. The third kappa shape index (κ3) is 3.50. The molecule has 2 aromatic rings. The molecule has 3 nitrogen and oxygen atoms in total. The van der Waals surface area contributed by atoms with E-state index in [-0.39, 0.29) is 12.7 Å². The molecular formula is C15H16O3. The van der Waals surface area contributed by atoms with Crippen LogP contribution in [0.15, 0.2) is 54.6 Å². The second-order valence-corrected chi connectivity index (χ2v) is 4.00. The number of aliphatic hydroxyl groups is 1. The van der Waals surface area contributed by atoms with Crippen LogP contribution in [0.5, 0.6) is 17.2 Å². The van der Waals surface area contributed by atoms with Crippen molar-refractivity contribution >= 4 is 0 Å². The molecule has 2 aromatic carbocycles. The molecule has 0 saturated carbocycles. The van der Waals surface area contributed by atoms with Gasteiger partial charge >= 0.3 is 0 Å². The van der Waals surface area contributed by atoms with E-state index < -0.39 is 0 Å². The minimum Gasteiger partial charge on any atom is -0.488 e. The van der Waals surface area contributed by atoms with Gasteiger partial charge < -0.3 is 14.6 Å². The summed E-state index contributed by atoms with van der Waals surface area (Å²) in [6, 6.07) is 16.9. The summed E-state index contributed by atoms with van der Waals surface area (Å²) < 4.78 is 11.1. The van der Waals surface area contributed by atoms with Crippen molar-refractivity contribution < 1.29 is 14.6 Å². The lowest BCUT2D eigenvalue weighted by atomic mass is 10.3. The van der Waals surface area contributed by atoms with E-state index in [0.29, 0.717) is 0 Å². The van der Waals surface area contributed by atoms with E-state index in [4.69, 9.17) is 14.6 Å². The maximum atomic E-state index is 8.90. The smallest absolute Gasteiger partial charge is 0.127 e. The molecule has 0 unspecified atom stereocenters. The largest absolute Gasteiger partial charge is 0.488 e. The third-order valence-electron chi connectivity index (χ3n) is 2.40. The van der Waals surface area contributed by atoms with Crippen LogP contribution in [0.3, 0.4) is 0 Å². The van der Waals surface area contributed by atoms with Crippen LogP contribution in [0.1, 0.15) is 6.92 Å². The zero-order valence-electron chi connectivity index (χ0n) is 10.2. The molecule has 94 valence electrons. The second kappa shape index (κ2) is 6.07. The van der Waals surface area contributed by atoms with Crippen molar-refractivity contribution in [3.8, 4) is 17.2 Å². The number of hydrogen-bond donors (Lipinski definition) is 1. The van der Waals surface area contributed by atoms with E-state index in [1.165, 1.54) is 0 Å². The van der Waals surface area contributed by atoms with Gasteiger partial charge in [0.15, 0.2) is 0 Å². The molecule has 0 bridgehead atoms. The SMILES string of the molecule is C[C@H](CO)Oc1ccc(Oc2ccccc2)cc1. The van der Waals surface area contributed by atoms with Crippen LogP contribution in [0.2, 0.25) is 0 Å². The van der Waals surface area contributed by atoms with Crippen molar-refractivity contribution in [3.63, 3.8) is 0 Å². The van der Waals surface area contributed by atoms with Crippen LogP contribution in [0, 0.1) is 0 Å². The van der Waals surface area contributed by atoms with E-state index in [2.05, 4.69) is 0 Å². The van der Waals surface area contributed by atoms with Crippen molar-refractivity contribution in [2.45, 2.75) is 13.0 Å². The first-order valence-corrected chi connectivity index (χ1v) is 5.88. The van der Waals surface area contributed by atoms with Gasteiger partial charge in [0.25, 0.3) is 0 Å². The highest BCUT2D eigenvalue weighted by Gasteiger charge is 2.02. The topological polar surface area (TPSA) is 38.7 Å². The van der Waals surface area contributed by atoms with Gasteiger partial charge in [-0.2, -0.15) is 0 Å². The monoisotopic (exact) mass is 244 g/mol. The number of para-hydroxylation sites is 1. The van der Waals surface area contributed by atoms with Gasteiger partial charge in [0.1, 0.15) is 23.4 Å². The molecule has 0 aliphatic rings. The number of aliphatic hydroxyl groups excluding tert-OH is 1. The third-order valence-corrected chi connectivity index (χ3v) is 2.40. The molecule has 0 aromatic heterocycles. The molecule has 2 rings (SSSR count). The predicted octanol–water partition coefficient (Wildman–Crippen LogP) is 3.24. The quantitative estimate of drug-likeness (QED) is 0.877. The minimum atomic E-state index is -0.203. The van der Waals surface area contributed by atoms with Gasteiger partial charge in [-0.25, -0.2) is 0 Å². The molecular weight excluding hydrogens is 228 g/mol. The van der Waals surface area contributed by atoms with E-state index in [1.807, 2.05) is 61.5 Å². The number of rotatable bonds is 5. The van der Waals surface area contributed by atoms with Crippen molar-refractivity contribution in [3.05, 3.63) is 54.6 Å². The number of benzene rings is 2. The maximum absolute atomic E-state index is 8.90. The Morgan fingerprint density at radius 3 is 2.06 bits per heavy atom. The average molecular weight is 244 g/mol. The van der Waals surface area contributed by atoms with Gasteiger partial charge in [-0.1, -0.05) is 18.2 Å². The molecule has 1 N–H and O–H groups in total. The fourth-order valence-electron chi connectivity index (χ4n) is 1.48.